The van der Waals surface area contributed by atoms with Crippen LogP contribution in [0.3, 0.4) is 0 Å². The molecule has 0 bridgehead atoms. The maximum absolute atomic E-state index is 10.5. The third-order valence-electron chi connectivity index (χ3n) is 2.54. The highest BCUT2D eigenvalue weighted by atomic mass is 32.2. The Labute approximate surface area is 89.9 Å². The summed E-state index contributed by atoms with van der Waals surface area (Å²) in [5.74, 6) is 0.915. The number of carboxylic acid groups (broad SMARTS) is 1. The van der Waals surface area contributed by atoms with Gasteiger partial charge in [0.15, 0.2) is 0 Å². The second kappa shape index (κ2) is 6.30. The molecule has 3 nitrogen and oxygen atoms in total. The summed E-state index contributed by atoms with van der Waals surface area (Å²) in [7, 11) is 0. The molecule has 82 valence electrons. The lowest BCUT2D eigenvalue weighted by molar-refractivity contribution is -0.140. The first-order valence-electron chi connectivity index (χ1n) is 5.23. The Balaban J connectivity index is 1.95. The number of likely N-dealkylation sites (tertiary alicyclic amines) is 1. The van der Waals surface area contributed by atoms with Crippen molar-refractivity contribution < 1.29 is 9.90 Å². The summed E-state index contributed by atoms with van der Waals surface area (Å²) in [5.41, 5.74) is 0. The van der Waals surface area contributed by atoms with E-state index in [-0.39, 0.29) is 5.92 Å². The van der Waals surface area contributed by atoms with Gasteiger partial charge in [0.1, 0.15) is 0 Å². The first-order chi connectivity index (χ1) is 6.70. The van der Waals surface area contributed by atoms with Gasteiger partial charge in [-0.3, -0.25) is 4.79 Å². The van der Waals surface area contributed by atoms with Crippen LogP contribution in [0, 0.1) is 5.92 Å². The van der Waals surface area contributed by atoms with Gasteiger partial charge >= 0.3 is 5.97 Å². The highest BCUT2D eigenvalue weighted by Crippen LogP contribution is 2.11. The van der Waals surface area contributed by atoms with Gasteiger partial charge in [-0.2, -0.15) is 11.8 Å². The molecule has 0 aromatic carbocycles. The lowest BCUT2D eigenvalue weighted by Crippen LogP contribution is -2.22. The fourth-order valence-corrected chi connectivity index (χ4v) is 2.58. The lowest BCUT2D eigenvalue weighted by Gasteiger charge is -2.14. The van der Waals surface area contributed by atoms with Crippen LogP contribution in [-0.2, 0) is 4.79 Å². The van der Waals surface area contributed by atoms with E-state index in [1.54, 1.807) is 18.7 Å². The van der Waals surface area contributed by atoms with E-state index in [0.29, 0.717) is 0 Å². The van der Waals surface area contributed by atoms with Crippen molar-refractivity contribution in [2.24, 2.45) is 5.92 Å². The molecular formula is C10H19NO2S. The highest BCUT2D eigenvalue weighted by molar-refractivity contribution is 7.99. The van der Waals surface area contributed by atoms with Gasteiger partial charge in [0.25, 0.3) is 0 Å². The minimum Gasteiger partial charge on any atom is -0.481 e. The quantitative estimate of drug-likeness (QED) is 0.685. The van der Waals surface area contributed by atoms with Gasteiger partial charge in [-0.15, -0.1) is 0 Å². The average Bonchev–Trinajstić information content (AvgIpc) is 2.64. The zero-order chi connectivity index (χ0) is 10.4. The molecule has 1 aliphatic rings. The Morgan fingerprint density at radius 3 is 2.71 bits per heavy atom. The summed E-state index contributed by atoms with van der Waals surface area (Å²) in [6, 6.07) is 0. The molecule has 0 amide bonds. The molecule has 0 spiro atoms. The molecule has 1 heterocycles. The number of carbonyl (C=O) groups is 1. The third-order valence-corrected chi connectivity index (χ3v) is 3.75. The summed E-state index contributed by atoms with van der Waals surface area (Å²) in [5, 5.41) is 8.67. The van der Waals surface area contributed by atoms with Gasteiger partial charge in [-0.05, 0) is 25.9 Å². The van der Waals surface area contributed by atoms with Gasteiger partial charge in [0, 0.05) is 18.1 Å². The van der Waals surface area contributed by atoms with Crippen molar-refractivity contribution in [3.8, 4) is 0 Å². The number of thioether (sulfide) groups is 1. The number of nitrogens with zero attached hydrogens (tertiary/aromatic N) is 1. The number of rotatable bonds is 6. The number of hydrogen-bond acceptors (Lipinski definition) is 3. The average molecular weight is 217 g/mol. The fraction of sp³-hybridized carbons (Fsp3) is 0.900. The largest absolute Gasteiger partial charge is 0.481 e. The van der Waals surface area contributed by atoms with E-state index < -0.39 is 5.97 Å². The Bertz CT molecular complexity index is 181. The molecule has 0 saturated carbocycles. The van der Waals surface area contributed by atoms with E-state index in [9.17, 15) is 4.79 Å². The monoisotopic (exact) mass is 217 g/mol. The lowest BCUT2D eigenvalue weighted by atomic mass is 10.2. The number of hydrogen-bond donors (Lipinski definition) is 1. The van der Waals surface area contributed by atoms with Crippen LogP contribution in [0.25, 0.3) is 0 Å². The molecule has 0 radical (unpaired) electrons. The van der Waals surface area contributed by atoms with Crippen molar-refractivity contribution in [3.63, 3.8) is 0 Å². The van der Waals surface area contributed by atoms with Crippen LogP contribution >= 0.6 is 11.8 Å². The molecule has 0 aromatic rings. The van der Waals surface area contributed by atoms with Gasteiger partial charge in [0.05, 0.1) is 5.92 Å². The van der Waals surface area contributed by atoms with Crippen LogP contribution in [0.15, 0.2) is 0 Å². The predicted octanol–water partition coefficient (Wildman–Crippen LogP) is 1.54. The van der Waals surface area contributed by atoms with E-state index in [1.165, 1.54) is 25.9 Å². The first kappa shape index (κ1) is 11.9. The second-order valence-corrected chi connectivity index (χ2v) is 5.01. The molecule has 1 rings (SSSR count). The van der Waals surface area contributed by atoms with E-state index in [1.807, 2.05) is 0 Å². The first-order valence-corrected chi connectivity index (χ1v) is 6.38. The third kappa shape index (κ3) is 4.33. The van der Waals surface area contributed by atoms with Gasteiger partial charge in [0.2, 0.25) is 0 Å². The van der Waals surface area contributed by atoms with Gasteiger partial charge < -0.3 is 10.0 Å². The van der Waals surface area contributed by atoms with Gasteiger partial charge in [-0.1, -0.05) is 6.92 Å². The maximum Gasteiger partial charge on any atom is 0.307 e. The molecule has 1 N–H and O–H groups in total. The molecule has 14 heavy (non-hydrogen) atoms. The van der Waals surface area contributed by atoms with Crippen molar-refractivity contribution in [2.75, 3.05) is 31.1 Å². The molecule has 1 aliphatic heterocycles. The van der Waals surface area contributed by atoms with Gasteiger partial charge in [-0.25, -0.2) is 0 Å². The standard InChI is InChI=1S/C10H19NO2S/c1-9(10(12)13)8-14-7-6-11-4-2-3-5-11/h9H,2-8H2,1H3,(H,12,13). The van der Waals surface area contributed by atoms with E-state index in [4.69, 9.17) is 5.11 Å². The van der Waals surface area contributed by atoms with E-state index in [0.717, 1.165) is 18.1 Å². The number of carboxylic acids is 1. The Morgan fingerprint density at radius 1 is 1.50 bits per heavy atom. The predicted molar refractivity (Wildman–Crippen MR) is 59.8 cm³/mol. The van der Waals surface area contributed by atoms with Crippen molar-refractivity contribution in [1.29, 1.82) is 0 Å². The molecule has 1 atom stereocenters. The van der Waals surface area contributed by atoms with Crippen molar-refractivity contribution >= 4 is 17.7 Å². The van der Waals surface area contributed by atoms with Crippen LogP contribution in [-0.4, -0.2) is 47.1 Å². The van der Waals surface area contributed by atoms with Crippen LogP contribution in [0.2, 0.25) is 0 Å². The molecular weight excluding hydrogens is 198 g/mol. The molecule has 0 aromatic heterocycles. The van der Waals surface area contributed by atoms with Crippen molar-refractivity contribution in [1.82, 2.24) is 4.90 Å². The van der Waals surface area contributed by atoms with E-state index in [2.05, 4.69) is 4.90 Å². The summed E-state index contributed by atoms with van der Waals surface area (Å²) in [6.45, 7) is 5.35. The molecule has 1 unspecified atom stereocenters. The highest BCUT2D eigenvalue weighted by Gasteiger charge is 2.12. The second-order valence-electron chi connectivity index (χ2n) is 3.86. The zero-order valence-electron chi connectivity index (χ0n) is 8.74. The summed E-state index contributed by atoms with van der Waals surface area (Å²) in [6.07, 6.45) is 2.66. The molecule has 0 aliphatic carbocycles. The summed E-state index contributed by atoms with van der Waals surface area (Å²) in [4.78, 5) is 13.0. The minimum absolute atomic E-state index is 0.210. The molecule has 1 saturated heterocycles. The Kier molecular flexibility index (Phi) is 5.33. The fourth-order valence-electron chi connectivity index (χ4n) is 1.53. The van der Waals surface area contributed by atoms with Crippen LogP contribution in [0.4, 0.5) is 0 Å². The normalized spacial score (nSPS) is 19.8. The zero-order valence-corrected chi connectivity index (χ0v) is 9.55. The number of aliphatic carboxylic acids is 1. The SMILES string of the molecule is CC(CSCCN1CCCC1)C(=O)O. The van der Waals surface area contributed by atoms with Crippen LogP contribution < -0.4 is 0 Å². The Hall–Kier alpha value is -0.220. The molecule has 4 heteroatoms. The van der Waals surface area contributed by atoms with Crippen molar-refractivity contribution in [2.45, 2.75) is 19.8 Å². The summed E-state index contributed by atoms with van der Waals surface area (Å²) >= 11 is 1.75. The topological polar surface area (TPSA) is 40.5 Å². The molecule has 1 fully saturated rings. The smallest absolute Gasteiger partial charge is 0.307 e. The Morgan fingerprint density at radius 2 is 2.14 bits per heavy atom. The summed E-state index contributed by atoms with van der Waals surface area (Å²) < 4.78 is 0. The van der Waals surface area contributed by atoms with Crippen molar-refractivity contribution in [3.05, 3.63) is 0 Å². The maximum atomic E-state index is 10.5. The van der Waals surface area contributed by atoms with Crippen LogP contribution in [0.5, 0.6) is 0 Å². The minimum atomic E-state index is -0.682. The van der Waals surface area contributed by atoms with E-state index >= 15 is 0 Å². The van der Waals surface area contributed by atoms with Crippen LogP contribution in [0.1, 0.15) is 19.8 Å².